The molecule has 0 aliphatic carbocycles. The van der Waals surface area contributed by atoms with Crippen molar-refractivity contribution >= 4 is 45.2 Å². The molecule has 0 unspecified atom stereocenters. The Labute approximate surface area is 190 Å². The van der Waals surface area contributed by atoms with Gasteiger partial charge >= 0.3 is 0 Å². The molecule has 9 nitrogen and oxygen atoms in total. The summed E-state index contributed by atoms with van der Waals surface area (Å²) >= 11 is 6.55. The Hall–Kier alpha value is -2.02. The molecule has 12 heteroatoms. The summed E-state index contributed by atoms with van der Waals surface area (Å²) in [6.07, 6.45) is 0. The maximum Gasteiger partial charge on any atom is 0.254 e. The normalized spacial score (nSPS) is 11.6. The smallest absolute Gasteiger partial charge is 0.254 e. The lowest BCUT2D eigenvalue weighted by molar-refractivity contribution is 0.361. The lowest BCUT2D eigenvalue weighted by atomic mass is 10.2. The number of halogens is 1. The van der Waals surface area contributed by atoms with E-state index in [2.05, 4.69) is 63.6 Å². The lowest BCUT2D eigenvalue weighted by Crippen LogP contribution is -2.19. The molecule has 0 N–H and O–H groups in total. The first-order valence-corrected chi connectivity index (χ1v) is 11.8. The number of thioether (sulfide) groups is 1. The van der Waals surface area contributed by atoms with Crippen LogP contribution in [0.2, 0.25) is 0 Å². The molecule has 0 fully saturated rings. The first kappa shape index (κ1) is 21.2. The predicted molar refractivity (Wildman–Crippen MR) is 120 cm³/mol. The molecule has 1 aromatic carbocycles. The van der Waals surface area contributed by atoms with E-state index in [1.165, 1.54) is 17.3 Å². The minimum atomic E-state index is 0.571. The number of hydrogen-bond acceptors (Lipinski definition) is 9. The van der Waals surface area contributed by atoms with Crippen molar-refractivity contribution in [3.8, 4) is 0 Å². The fourth-order valence-electron chi connectivity index (χ4n) is 2.64. The number of aryl methyl sites for hydroxylation is 1. The van der Waals surface area contributed by atoms with E-state index < -0.39 is 0 Å². The fourth-order valence-corrected chi connectivity index (χ4v) is 4.79. The van der Waals surface area contributed by atoms with Crippen LogP contribution in [0.25, 0.3) is 5.78 Å². The van der Waals surface area contributed by atoms with Gasteiger partial charge in [-0.3, -0.25) is 0 Å². The lowest BCUT2D eigenvalue weighted by Gasteiger charge is -2.10. The Balaban J connectivity index is 1.56. The highest BCUT2D eigenvalue weighted by Gasteiger charge is 2.15. The van der Waals surface area contributed by atoms with Crippen molar-refractivity contribution in [1.82, 2.24) is 44.7 Å². The third-order valence-corrected chi connectivity index (χ3v) is 6.48. The molecular weight excluding hydrogens is 486 g/mol. The van der Waals surface area contributed by atoms with Crippen molar-refractivity contribution < 1.29 is 0 Å². The number of nitrogens with zero attached hydrogens (tertiary/aromatic N) is 9. The number of tetrazole rings is 1. The molecule has 3 aromatic heterocycles. The summed E-state index contributed by atoms with van der Waals surface area (Å²) in [4.78, 5) is 11.2. The van der Waals surface area contributed by atoms with Gasteiger partial charge in [-0.15, -0.1) is 10.2 Å². The van der Waals surface area contributed by atoms with Gasteiger partial charge in [0, 0.05) is 22.5 Å². The second-order valence-electron chi connectivity index (χ2n) is 6.85. The number of hydrogen-bond donors (Lipinski definition) is 0. The van der Waals surface area contributed by atoms with Crippen molar-refractivity contribution in [1.29, 1.82) is 0 Å². The Bertz CT molecular complexity index is 1160. The standard InChI is InChI=1S/C18H20BrN9S2/c1-12-9-15(30-18-22-24-25-27(18)8-7-26(2)3)28-16(20-12)21-17(23-28)29-11-13-5-4-6-14(19)10-13/h4-6,9-10H,7-8,11H2,1-3H3. The molecule has 156 valence electrons. The van der Waals surface area contributed by atoms with Gasteiger partial charge in [-0.05, 0) is 67.0 Å². The van der Waals surface area contributed by atoms with Crippen molar-refractivity contribution in [2.75, 3.05) is 20.6 Å². The van der Waals surface area contributed by atoms with E-state index in [9.17, 15) is 0 Å². The average Bonchev–Trinajstić information content (AvgIpc) is 3.31. The molecule has 0 aliphatic rings. The SMILES string of the molecule is Cc1cc(Sc2nnnn2CCN(C)C)n2nc(SCc3cccc(Br)c3)nc2n1. The Morgan fingerprint density at radius 3 is 2.83 bits per heavy atom. The van der Waals surface area contributed by atoms with Crippen LogP contribution in [0.1, 0.15) is 11.3 Å². The zero-order valence-electron chi connectivity index (χ0n) is 16.7. The van der Waals surface area contributed by atoms with Crippen molar-refractivity contribution in [2.45, 2.75) is 34.6 Å². The Kier molecular flexibility index (Phi) is 6.66. The minimum absolute atomic E-state index is 0.571. The van der Waals surface area contributed by atoms with Crippen LogP contribution in [-0.4, -0.2) is 65.3 Å². The first-order valence-electron chi connectivity index (χ1n) is 9.18. The first-order chi connectivity index (χ1) is 14.5. The third kappa shape index (κ3) is 5.17. The van der Waals surface area contributed by atoms with Crippen molar-refractivity contribution in [3.63, 3.8) is 0 Å². The minimum Gasteiger partial charge on any atom is -0.308 e. The maximum atomic E-state index is 4.66. The van der Waals surface area contributed by atoms with Crippen LogP contribution >= 0.6 is 39.5 Å². The fraction of sp³-hybridized carbons (Fsp3) is 0.333. The molecule has 0 amide bonds. The van der Waals surface area contributed by atoms with Crippen LogP contribution in [0.5, 0.6) is 0 Å². The number of likely N-dealkylation sites (N-methyl/N-ethyl adjacent to an activating group) is 1. The van der Waals surface area contributed by atoms with Gasteiger partial charge in [-0.2, -0.15) is 9.50 Å². The van der Waals surface area contributed by atoms with E-state index in [0.717, 1.165) is 27.5 Å². The molecule has 0 atom stereocenters. The Morgan fingerprint density at radius 2 is 2.03 bits per heavy atom. The second-order valence-corrected chi connectivity index (χ2v) is 9.70. The molecule has 0 saturated heterocycles. The van der Waals surface area contributed by atoms with Gasteiger partial charge in [0.25, 0.3) is 5.78 Å². The van der Waals surface area contributed by atoms with Gasteiger partial charge in [0.05, 0.1) is 6.54 Å². The summed E-state index contributed by atoms with van der Waals surface area (Å²) in [5, 5.41) is 19.0. The van der Waals surface area contributed by atoms with Crippen molar-refractivity contribution in [2.24, 2.45) is 0 Å². The van der Waals surface area contributed by atoms with Gasteiger partial charge in [0.2, 0.25) is 10.3 Å². The summed E-state index contributed by atoms with van der Waals surface area (Å²) in [7, 11) is 4.05. The zero-order valence-corrected chi connectivity index (χ0v) is 19.9. The summed E-state index contributed by atoms with van der Waals surface area (Å²) in [6, 6.07) is 10.2. The topological polar surface area (TPSA) is 89.9 Å². The van der Waals surface area contributed by atoms with Gasteiger partial charge in [-0.25, -0.2) is 9.67 Å². The van der Waals surface area contributed by atoms with Crippen LogP contribution in [0.4, 0.5) is 0 Å². The van der Waals surface area contributed by atoms with Crippen LogP contribution in [0.15, 0.2) is 50.1 Å². The number of fused-ring (bicyclic) bond motifs is 1. The highest BCUT2D eigenvalue weighted by Crippen LogP contribution is 2.28. The quantitative estimate of drug-likeness (QED) is 0.264. The third-order valence-electron chi connectivity index (χ3n) is 4.10. The van der Waals surface area contributed by atoms with Crippen LogP contribution in [0, 0.1) is 6.92 Å². The molecule has 0 aliphatic heterocycles. The van der Waals surface area contributed by atoms with E-state index in [4.69, 9.17) is 0 Å². The highest BCUT2D eigenvalue weighted by molar-refractivity contribution is 9.10. The van der Waals surface area contributed by atoms with E-state index in [0.29, 0.717) is 22.6 Å². The molecule has 0 saturated carbocycles. The monoisotopic (exact) mass is 505 g/mol. The number of rotatable bonds is 8. The molecular formula is C18H20BrN9S2. The largest absolute Gasteiger partial charge is 0.308 e. The van der Waals surface area contributed by atoms with Gasteiger partial charge in [0.1, 0.15) is 5.03 Å². The molecule has 0 radical (unpaired) electrons. The van der Waals surface area contributed by atoms with Crippen molar-refractivity contribution in [3.05, 3.63) is 46.1 Å². The molecule has 0 bridgehead atoms. The molecule has 3 heterocycles. The number of aromatic nitrogens is 8. The van der Waals surface area contributed by atoms with Crippen LogP contribution < -0.4 is 0 Å². The molecule has 0 spiro atoms. The van der Waals surface area contributed by atoms with Gasteiger partial charge in [-0.1, -0.05) is 39.8 Å². The maximum absolute atomic E-state index is 4.66. The summed E-state index contributed by atoms with van der Waals surface area (Å²) in [6.45, 7) is 3.51. The Morgan fingerprint density at radius 1 is 1.17 bits per heavy atom. The van der Waals surface area contributed by atoms with Crippen LogP contribution in [-0.2, 0) is 12.3 Å². The van der Waals surface area contributed by atoms with Gasteiger partial charge < -0.3 is 4.90 Å². The van der Waals surface area contributed by atoms with Gasteiger partial charge in [0.15, 0.2) is 0 Å². The summed E-state index contributed by atoms with van der Waals surface area (Å²) in [5.41, 5.74) is 2.07. The second kappa shape index (κ2) is 9.41. The van der Waals surface area contributed by atoms with E-state index in [1.54, 1.807) is 21.0 Å². The van der Waals surface area contributed by atoms with E-state index in [-0.39, 0.29) is 0 Å². The molecule has 4 rings (SSSR count). The molecule has 4 aromatic rings. The van der Waals surface area contributed by atoms with Crippen LogP contribution in [0.3, 0.4) is 0 Å². The summed E-state index contributed by atoms with van der Waals surface area (Å²) in [5.74, 6) is 1.35. The molecule has 30 heavy (non-hydrogen) atoms. The van der Waals surface area contributed by atoms with E-state index in [1.807, 2.05) is 39.2 Å². The summed E-state index contributed by atoms with van der Waals surface area (Å²) < 4.78 is 4.62. The predicted octanol–water partition coefficient (Wildman–Crippen LogP) is 3.19. The zero-order chi connectivity index (χ0) is 21.1. The average molecular weight is 506 g/mol. The van der Waals surface area contributed by atoms with E-state index >= 15 is 0 Å². The highest BCUT2D eigenvalue weighted by atomic mass is 79.9. The number of benzene rings is 1.